The van der Waals surface area contributed by atoms with Crippen LogP contribution in [0.15, 0.2) is 36.4 Å². The Kier molecular flexibility index (Phi) is 2.90. The van der Waals surface area contributed by atoms with Crippen LogP contribution in [0.5, 0.6) is 0 Å². The van der Waals surface area contributed by atoms with Crippen molar-refractivity contribution >= 4 is 17.4 Å². The molecule has 0 radical (unpaired) electrons. The van der Waals surface area contributed by atoms with E-state index in [0.717, 1.165) is 10.6 Å². The average molecular weight is 235 g/mol. The van der Waals surface area contributed by atoms with Gasteiger partial charge in [0.1, 0.15) is 0 Å². The van der Waals surface area contributed by atoms with Crippen LogP contribution in [0, 0.1) is 5.92 Å². The van der Waals surface area contributed by atoms with E-state index in [2.05, 4.69) is 13.8 Å². The molecule has 0 aliphatic heterocycles. The van der Waals surface area contributed by atoms with Gasteiger partial charge in [0.2, 0.25) is 0 Å². The molecular weight excluding hydrogens is 220 g/mol. The lowest BCUT2D eigenvalue weighted by Crippen LogP contribution is -2.33. The summed E-state index contributed by atoms with van der Waals surface area (Å²) in [5, 5.41) is 0.774. The summed E-state index contributed by atoms with van der Waals surface area (Å²) in [5.74, 6) is 0.488. The molecule has 0 saturated carbocycles. The third kappa shape index (κ3) is 1.80. The maximum absolute atomic E-state index is 11.4. The number of carbonyl (C=O) groups excluding carboxylic acids is 1. The van der Waals surface area contributed by atoms with Crippen LogP contribution >= 0.6 is 11.6 Å². The highest BCUT2D eigenvalue weighted by molar-refractivity contribution is 6.31. The monoisotopic (exact) mass is 234 g/mol. The molecule has 2 rings (SSSR count). The van der Waals surface area contributed by atoms with Crippen LogP contribution in [0.1, 0.15) is 25.8 Å². The Balaban J connectivity index is 2.50. The van der Waals surface area contributed by atoms with Crippen molar-refractivity contribution in [3.8, 4) is 0 Å². The zero-order valence-electron chi connectivity index (χ0n) is 9.53. The van der Waals surface area contributed by atoms with Crippen molar-refractivity contribution in [1.29, 1.82) is 0 Å². The maximum atomic E-state index is 11.4. The van der Waals surface area contributed by atoms with Gasteiger partial charge in [0.05, 0.1) is 0 Å². The smallest absolute Gasteiger partial charge is 0.155 e. The van der Waals surface area contributed by atoms with Gasteiger partial charge in [0, 0.05) is 16.9 Å². The first-order valence-electron chi connectivity index (χ1n) is 5.51. The normalized spacial score (nSPS) is 29.4. The Labute approximate surface area is 101 Å². The van der Waals surface area contributed by atoms with Gasteiger partial charge in [-0.25, -0.2) is 0 Å². The highest BCUT2D eigenvalue weighted by Crippen LogP contribution is 2.41. The molecule has 0 N–H and O–H groups in total. The van der Waals surface area contributed by atoms with Gasteiger partial charge < -0.3 is 0 Å². The van der Waals surface area contributed by atoms with E-state index < -0.39 is 0 Å². The SMILES string of the molecule is C[C@H]1CC(=O)C=C[C@]1(C)c1ccccc1Cl. The number of halogens is 1. The first-order chi connectivity index (χ1) is 7.54. The van der Waals surface area contributed by atoms with E-state index in [1.54, 1.807) is 6.08 Å². The molecule has 0 aromatic heterocycles. The largest absolute Gasteiger partial charge is 0.295 e. The summed E-state index contributed by atoms with van der Waals surface area (Å²) in [4.78, 5) is 11.4. The summed E-state index contributed by atoms with van der Waals surface area (Å²) in [6.45, 7) is 4.24. The first kappa shape index (κ1) is 11.4. The molecule has 0 unspecified atom stereocenters. The number of hydrogen-bond donors (Lipinski definition) is 0. The van der Waals surface area contributed by atoms with Crippen molar-refractivity contribution in [3.05, 3.63) is 47.0 Å². The number of benzene rings is 1. The zero-order chi connectivity index (χ0) is 11.8. The topological polar surface area (TPSA) is 17.1 Å². The van der Waals surface area contributed by atoms with Crippen LogP contribution < -0.4 is 0 Å². The predicted molar refractivity (Wildman–Crippen MR) is 66.7 cm³/mol. The average Bonchev–Trinajstić information content (AvgIpc) is 2.25. The van der Waals surface area contributed by atoms with E-state index in [1.165, 1.54) is 0 Å². The van der Waals surface area contributed by atoms with Crippen molar-refractivity contribution < 1.29 is 4.79 Å². The van der Waals surface area contributed by atoms with Crippen LogP contribution in [0.25, 0.3) is 0 Å². The second-order valence-corrected chi connectivity index (χ2v) is 5.07. The van der Waals surface area contributed by atoms with Crippen molar-refractivity contribution in [2.24, 2.45) is 5.92 Å². The Morgan fingerprint density at radius 1 is 1.38 bits per heavy atom. The summed E-state index contributed by atoms with van der Waals surface area (Å²) in [7, 11) is 0. The Hall–Kier alpha value is -1.08. The van der Waals surface area contributed by atoms with Gasteiger partial charge in [-0.15, -0.1) is 0 Å². The molecule has 1 nitrogen and oxygen atoms in total. The molecular formula is C14H15ClO. The molecule has 1 aromatic rings. The molecule has 16 heavy (non-hydrogen) atoms. The third-order valence-electron chi connectivity index (χ3n) is 3.60. The van der Waals surface area contributed by atoms with Crippen molar-refractivity contribution in [1.82, 2.24) is 0 Å². The molecule has 84 valence electrons. The Morgan fingerprint density at radius 3 is 2.69 bits per heavy atom. The molecule has 0 amide bonds. The summed E-state index contributed by atoms with van der Waals surface area (Å²) in [6, 6.07) is 7.86. The molecule has 0 heterocycles. The number of ketones is 1. The fourth-order valence-corrected chi connectivity index (χ4v) is 2.60. The lowest BCUT2D eigenvalue weighted by atomic mass is 9.68. The molecule has 0 saturated heterocycles. The highest BCUT2D eigenvalue weighted by atomic mass is 35.5. The van der Waals surface area contributed by atoms with Crippen molar-refractivity contribution in [2.75, 3.05) is 0 Å². The van der Waals surface area contributed by atoms with E-state index in [0.29, 0.717) is 6.42 Å². The number of hydrogen-bond acceptors (Lipinski definition) is 1. The molecule has 1 aromatic carbocycles. The van der Waals surface area contributed by atoms with Crippen LogP contribution in [0.2, 0.25) is 5.02 Å². The number of carbonyl (C=O) groups is 1. The fourth-order valence-electron chi connectivity index (χ4n) is 2.27. The molecule has 2 atom stereocenters. The molecule has 1 aliphatic carbocycles. The van der Waals surface area contributed by atoms with E-state index in [1.807, 2.05) is 30.3 Å². The van der Waals surface area contributed by atoms with Crippen LogP contribution in [-0.2, 0) is 10.2 Å². The Bertz CT molecular complexity index is 450. The minimum absolute atomic E-state index is 0.133. The predicted octanol–water partition coefficient (Wildman–Crippen LogP) is 3.76. The molecule has 0 fully saturated rings. The van der Waals surface area contributed by atoms with Gasteiger partial charge >= 0.3 is 0 Å². The maximum Gasteiger partial charge on any atom is 0.155 e. The van der Waals surface area contributed by atoms with Crippen molar-refractivity contribution in [2.45, 2.75) is 25.7 Å². The number of allylic oxidation sites excluding steroid dienone is 2. The summed E-state index contributed by atoms with van der Waals surface area (Å²) in [6.07, 6.45) is 4.27. The first-order valence-corrected chi connectivity index (χ1v) is 5.89. The van der Waals surface area contributed by atoms with Gasteiger partial charge in [-0.3, -0.25) is 4.79 Å². The van der Waals surface area contributed by atoms with E-state index in [4.69, 9.17) is 11.6 Å². The second-order valence-electron chi connectivity index (χ2n) is 4.67. The quantitative estimate of drug-likeness (QED) is 0.723. The molecule has 2 heteroatoms. The highest BCUT2D eigenvalue weighted by Gasteiger charge is 2.35. The van der Waals surface area contributed by atoms with Gasteiger partial charge in [0.15, 0.2) is 5.78 Å². The third-order valence-corrected chi connectivity index (χ3v) is 3.93. The minimum Gasteiger partial charge on any atom is -0.295 e. The van der Waals surface area contributed by atoms with E-state index in [9.17, 15) is 4.79 Å². The fraction of sp³-hybridized carbons (Fsp3) is 0.357. The summed E-state index contributed by atoms with van der Waals surface area (Å²) in [5.41, 5.74) is 0.972. The minimum atomic E-state index is -0.133. The van der Waals surface area contributed by atoms with Gasteiger partial charge in [-0.2, -0.15) is 0 Å². The van der Waals surface area contributed by atoms with Gasteiger partial charge in [-0.05, 0) is 23.6 Å². The second kappa shape index (κ2) is 4.06. The van der Waals surface area contributed by atoms with Crippen LogP contribution in [0.3, 0.4) is 0 Å². The van der Waals surface area contributed by atoms with E-state index >= 15 is 0 Å². The lowest BCUT2D eigenvalue weighted by molar-refractivity contribution is -0.116. The van der Waals surface area contributed by atoms with Gasteiger partial charge in [0.25, 0.3) is 0 Å². The molecule has 0 bridgehead atoms. The van der Waals surface area contributed by atoms with Crippen LogP contribution in [0.4, 0.5) is 0 Å². The lowest BCUT2D eigenvalue weighted by Gasteiger charge is -2.36. The Morgan fingerprint density at radius 2 is 2.06 bits per heavy atom. The number of rotatable bonds is 1. The standard InChI is InChI=1S/C14H15ClO/c1-10-9-11(16)7-8-14(10,2)12-5-3-4-6-13(12)15/h3-8,10H,9H2,1-2H3/t10-,14-/m0/s1. The summed E-state index contributed by atoms with van der Waals surface area (Å²) >= 11 is 6.23. The molecule has 0 spiro atoms. The van der Waals surface area contributed by atoms with Gasteiger partial charge in [-0.1, -0.05) is 49.7 Å². The van der Waals surface area contributed by atoms with Crippen molar-refractivity contribution in [3.63, 3.8) is 0 Å². The van der Waals surface area contributed by atoms with Crippen LogP contribution in [-0.4, -0.2) is 5.78 Å². The van der Waals surface area contributed by atoms with E-state index in [-0.39, 0.29) is 17.1 Å². The molecule has 1 aliphatic rings. The summed E-state index contributed by atoms with van der Waals surface area (Å²) < 4.78 is 0. The zero-order valence-corrected chi connectivity index (χ0v) is 10.3.